The number of hydrogen-bond acceptors (Lipinski definition) is 2. The number of fused-ring (bicyclic) bond motifs is 1. The van der Waals surface area contributed by atoms with E-state index in [-0.39, 0.29) is 0 Å². The number of aromatic nitrogens is 1. The summed E-state index contributed by atoms with van der Waals surface area (Å²) in [6, 6.07) is 9.95. The van der Waals surface area contributed by atoms with Crippen LogP contribution in [0.4, 0.5) is 0 Å². The van der Waals surface area contributed by atoms with Crippen LogP contribution in [0.5, 0.6) is 0 Å². The maximum absolute atomic E-state index is 8.76. The first kappa shape index (κ1) is 8.71. The molecule has 2 nitrogen and oxygen atoms in total. The van der Waals surface area contributed by atoms with Gasteiger partial charge in [0.15, 0.2) is 0 Å². The third-order valence-electron chi connectivity index (χ3n) is 2.29. The summed E-state index contributed by atoms with van der Waals surface area (Å²) in [6.45, 7) is 4.06. The second kappa shape index (κ2) is 3.12. The molecule has 0 spiro atoms. The molecule has 0 atom stereocenters. The molecule has 68 valence electrons. The van der Waals surface area contributed by atoms with Gasteiger partial charge in [-0.2, -0.15) is 5.26 Å². The zero-order chi connectivity index (χ0) is 10.1. The van der Waals surface area contributed by atoms with Crippen molar-refractivity contribution in [3.8, 4) is 6.07 Å². The van der Waals surface area contributed by atoms with Gasteiger partial charge in [0.2, 0.25) is 0 Å². The first-order valence-corrected chi connectivity index (χ1v) is 4.49. The lowest BCUT2D eigenvalue weighted by atomic mass is 10.1. The Morgan fingerprint density at radius 3 is 2.71 bits per heavy atom. The smallest absolute Gasteiger partial charge is 0.141 e. The lowest BCUT2D eigenvalue weighted by Crippen LogP contribution is -1.88. The second-order valence-corrected chi connectivity index (χ2v) is 3.46. The van der Waals surface area contributed by atoms with Gasteiger partial charge in [0.05, 0.1) is 5.52 Å². The quantitative estimate of drug-likeness (QED) is 0.628. The van der Waals surface area contributed by atoms with E-state index in [1.165, 1.54) is 5.56 Å². The molecule has 0 aliphatic heterocycles. The Balaban J connectivity index is 2.84. The first-order valence-electron chi connectivity index (χ1n) is 4.49. The zero-order valence-corrected chi connectivity index (χ0v) is 8.20. The van der Waals surface area contributed by atoms with Crippen LogP contribution in [0.25, 0.3) is 10.9 Å². The Labute approximate surface area is 82.8 Å². The predicted octanol–water partition coefficient (Wildman–Crippen LogP) is 2.72. The van der Waals surface area contributed by atoms with Crippen molar-refractivity contribution in [2.45, 2.75) is 13.8 Å². The van der Waals surface area contributed by atoms with E-state index < -0.39 is 0 Å². The van der Waals surface area contributed by atoms with Crippen molar-refractivity contribution < 1.29 is 0 Å². The topological polar surface area (TPSA) is 36.7 Å². The summed E-state index contributed by atoms with van der Waals surface area (Å²) in [5.74, 6) is 0. The van der Waals surface area contributed by atoms with Crippen LogP contribution in [0.3, 0.4) is 0 Å². The Kier molecular flexibility index (Phi) is 1.94. The van der Waals surface area contributed by atoms with Gasteiger partial charge in [0, 0.05) is 5.39 Å². The Hall–Kier alpha value is -1.88. The fourth-order valence-electron chi connectivity index (χ4n) is 1.57. The van der Waals surface area contributed by atoms with E-state index in [0.29, 0.717) is 5.69 Å². The molecule has 2 aromatic rings. The Morgan fingerprint density at radius 2 is 2.00 bits per heavy atom. The van der Waals surface area contributed by atoms with Crippen LogP contribution < -0.4 is 0 Å². The zero-order valence-electron chi connectivity index (χ0n) is 8.20. The van der Waals surface area contributed by atoms with E-state index in [1.54, 1.807) is 0 Å². The molecular formula is C12H10N2. The molecule has 14 heavy (non-hydrogen) atoms. The number of nitrogens with zero attached hydrogens (tertiary/aromatic N) is 2. The molecule has 0 N–H and O–H groups in total. The molecule has 0 aliphatic carbocycles. The van der Waals surface area contributed by atoms with E-state index >= 15 is 0 Å². The molecule has 0 amide bonds. The van der Waals surface area contributed by atoms with Gasteiger partial charge in [0.1, 0.15) is 11.8 Å². The summed E-state index contributed by atoms with van der Waals surface area (Å²) in [5.41, 5.74) is 3.70. The summed E-state index contributed by atoms with van der Waals surface area (Å²) in [7, 11) is 0. The van der Waals surface area contributed by atoms with Crippen molar-refractivity contribution in [3.05, 3.63) is 41.1 Å². The Bertz CT molecular complexity index is 536. The molecule has 0 radical (unpaired) electrons. The largest absolute Gasteiger partial charge is 0.237 e. The van der Waals surface area contributed by atoms with Gasteiger partial charge in [-0.05, 0) is 37.6 Å². The molecule has 0 bridgehead atoms. The maximum atomic E-state index is 8.76. The molecule has 1 heterocycles. The van der Waals surface area contributed by atoms with E-state index in [2.05, 4.69) is 24.0 Å². The second-order valence-electron chi connectivity index (χ2n) is 3.46. The fourth-order valence-corrected chi connectivity index (χ4v) is 1.57. The van der Waals surface area contributed by atoms with Crippen molar-refractivity contribution in [3.63, 3.8) is 0 Å². The van der Waals surface area contributed by atoms with Crippen molar-refractivity contribution in [2.75, 3.05) is 0 Å². The molecular weight excluding hydrogens is 172 g/mol. The highest BCUT2D eigenvalue weighted by atomic mass is 14.7. The van der Waals surface area contributed by atoms with Crippen molar-refractivity contribution in [2.24, 2.45) is 0 Å². The molecule has 2 heteroatoms. The number of rotatable bonds is 0. The van der Waals surface area contributed by atoms with Crippen molar-refractivity contribution in [1.29, 1.82) is 5.26 Å². The molecule has 0 unspecified atom stereocenters. The fraction of sp³-hybridized carbons (Fsp3) is 0.167. The SMILES string of the molecule is Cc1ccc2nc(C#N)cc(C)c2c1. The van der Waals surface area contributed by atoms with Crippen LogP contribution in [0.1, 0.15) is 16.8 Å². The average Bonchev–Trinajstić information content (AvgIpc) is 2.19. The third-order valence-corrected chi connectivity index (χ3v) is 2.29. The predicted molar refractivity (Wildman–Crippen MR) is 55.9 cm³/mol. The number of hydrogen-bond donors (Lipinski definition) is 0. The van der Waals surface area contributed by atoms with Crippen LogP contribution >= 0.6 is 0 Å². The molecule has 2 rings (SSSR count). The van der Waals surface area contributed by atoms with Gasteiger partial charge in [-0.25, -0.2) is 4.98 Å². The number of benzene rings is 1. The van der Waals surface area contributed by atoms with Gasteiger partial charge in [-0.3, -0.25) is 0 Å². The molecule has 0 saturated heterocycles. The standard InChI is InChI=1S/C12H10N2/c1-8-3-4-12-11(5-8)9(2)6-10(7-13)14-12/h3-6H,1-2H3. The Morgan fingerprint density at radius 1 is 1.21 bits per heavy atom. The van der Waals surface area contributed by atoms with Gasteiger partial charge in [-0.1, -0.05) is 11.6 Å². The van der Waals surface area contributed by atoms with E-state index in [9.17, 15) is 0 Å². The minimum atomic E-state index is 0.485. The van der Waals surface area contributed by atoms with Gasteiger partial charge in [-0.15, -0.1) is 0 Å². The van der Waals surface area contributed by atoms with Crippen LogP contribution in [0, 0.1) is 25.2 Å². The highest BCUT2D eigenvalue weighted by molar-refractivity contribution is 5.83. The summed E-state index contributed by atoms with van der Waals surface area (Å²) in [5, 5.41) is 9.89. The molecule has 1 aromatic carbocycles. The number of aryl methyl sites for hydroxylation is 2. The van der Waals surface area contributed by atoms with Gasteiger partial charge >= 0.3 is 0 Å². The van der Waals surface area contributed by atoms with E-state index in [4.69, 9.17) is 5.26 Å². The van der Waals surface area contributed by atoms with Crippen molar-refractivity contribution >= 4 is 10.9 Å². The molecule has 0 saturated carbocycles. The lowest BCUT2D eigenvalue weighted by Gasteiger charge is -2.02. The van der Waals surface area contributed by atoms with Crippen LogP contribution in [-0.4, -0.2) is 4.98 Å². The highest BCUT2D eigenvalue weighted by Gasteiger charge is 2.01. The van der Waals surface area contributed by atoms with E-state index in [0.717, 1.165) is 16.5 Å². The normalized spacial score (nSPS) is 10.1. The van der Waals surface area contributed by atoms with Crippen LogP contribution in [-0.2, 0) is 0 Å². The minimum Gasteiger partial charge on any atom is -0.237 e. The molecule has 0 fully saturated rings. The monoisotopic (exact) mass is 182 g/mol. The van der Waals surface area contributed by atoms with Gasteiger partial charge < -0.3 is 0 Å². The van der Waals surface area contributed by atoms with Gasteiger partial charge in [0.25, 0.3) is 0 Å². The molecule has 0 aliphatic rings. The first-order chi connectivity index (χ1) is 6.70. The number of pyridine rings is 1. The third kappa shape index (κ3) is 1.33. The van der Waals surface area contributed by atoms with Crippen molar-refractivity contribution in [1.82, 2.24) is 4.98 Å². The lowest BCUT2D eigenvalue weighted by molar-refractivity contribution is 1.29. The molecule has 1 aromatic heterocycles. The maximum Gasteiger partial charge on any atom is 0.141 e. The summed E-state index contributed by atoms with van der Waals surface area (Å²) in [4.78, 5) is 4.23. The highest BCUT2D eigenvalue weighted by Crippen LogP contribution is 2.18. The summed E-state index contributed by atoms with van der Waals surface area (Å²) < 4.78 is 0. The summed E-state index contributed by atoms with van der Waals surface area (Å²) in [6.07, 6.45) is 0. The van der Waals surface area contributed by atoms with E-state index in [1.807, 2.05) is 25.1 Å². The number of nitriles is 1. The van der Waals surface area contributed by atoms with Crippen LogP contribution in [0.15, 0.2) is 24.3 Å². The summed E-state index contributed by atoms with van der Waals surface area (Å²) >= 11 is 0. The average molecular weight is 182 g/mol. The minimum absolute atomic E-state index is 0.485. The van der Waals surface area contributed by atoms with Crippen LogP contribution in [0.2, 0.25) is 0 Å².